The second kappa shape index (κ2) is 17.4. The van der Waals surface area contributed by atoms with Gasteiger partial charge in [-0.15, -0.1) is 0 Å². The first-order valence-corrected chi connectivity index (χ1v) is 19.1. The molecule has 260 valence electrons. The summed E-state index contributed by atoms with van der Waals surface area (Å²) in [4.78, 5) is 31.1. The van der Waals surface area contributed by atoms with Crippen molar-refractivity contribution in [1.29, 1.82) is 0 Å². The molecule has 0 bridgehead atoms. The van der Waals surface area contributed by atoms with Gasteiger partial charge >= 0.3 is 17.9 Å². The quantitative estimate of drug-likeness (QED) is 0.0925. The van der Waals surface area contributed by atoms with Gasteiger partial charge in [-0.05, 0) is 51.4 Å². The monoisotopic (exact) mass is 644 g/mol. The molecule has 1 unspecified atom stereocenters. The lowest BCUT2D eigenvalue weighted by molar-refractivity contribution is -0.863. The number of unbranched alkanes of at least 4 members (excludes halogenated alkanes) is 12. The minimum absolute atomic E-state index is 0.106. The Morgan fingerprint density at radius 1 is 0.978 bits per heavy atom. The molecule has 0 aliphatic carbocycles. The van der Waals surface area contributed by atoms with Crippen LogP contribution in [0.1, 0.15) is 155 Å². The normalized spacial score (nSPS) is 33.3. The standard InChI is InChI=1S/C37H61N3O6/c1-2-30-20-15-16-24-36(46-30)28-29-22-23-31-33(37(25-17-19-27-45-37)39-35(38-36)40(29)31)34(43)44-26-18-13-11-9-7-5-3-4-6-8-10-12-14-21-32(41)42/h15,20,29-31,33H,2-14,16-19,21-28H2,1H3,(H,38,39)(H,41,42)/p+1/t29-,30-,31+,33+,36-,37+/m0/s1. The molecule has 7 atom stereocenters. The zero-order chi connectivity index (χ0) is 32.2. The van der Waals surface area contributed by atoms with E-state index >= 15 is 0 Å². The largest absolute Gasteiger partial charge is 0.481 e. The Labute approximate surface area is 277 Å². The molecule has 0 aromatic carbocycles. The highest BCUT2D eigenvalue weighted by Gasteiger charge is 2.65. The Balaban J connectivity index is 1.04. The van der Waals surface area contributed by atoms with Crippen LogP contribution in [0, 0.1) is 5.92 Å². The lowest BCUT2D eigenvalue weighted by Crippen LogP contribution is -3.25. The number of nitrogens with zero attached hydrogens (tertiary/aromatic N) is 1. The molecule has 0 aromatic rings. The Bertz CT molecular complexity index is 1040. The zero-order valence-corrected chi connectivity index (χ0v) is 28.6. The Morgan fingerprint density at radius 2 is 1.67 bits per heavy atom. The van der Waals surface area contributed by atoms with Crippen LogP contribution in [0.25, 0.3) is 0 Å². The van der Waals surface area contributed by atoms with Crippen molar-refractivity contribution >= 4 is 17.9 Å². The van der Waals surface area contributed by atoms with Crippen LogP contribution < -0.4 is 10.2 Å². The van der Waals surface area contributed by atoms with Gasteiger partial charge in [0.15, 0.2) is 17.4 Å². The molecular formula is C37H62N3O6+. The predicted molar refractivity (Wildman–Crippen MR) is 178 cm³/mol. The van der Waals surface area contributed by atoms with Crippen LogP contribution in [0.2, 0.25) is 0 Å². The first-order valence-electron chi connectivity index (χ1n) is 19.1. The summed E-state index contributed by atoms with van der Waals surface area (Å²) in [6.45, 7) is 3.31. The number of aliphatic imine (C=N–C) groups is 1. The van der Waals surface area contributed by atoms with E-state index in [0.29, 0.717) is 25.7 Å². The number of allylic oxidation sites excluding steroid dienone is 1. The van der Waals surface area contributed by atoms with Crippen LogP contribution >= 0.6 is 0 Å². The molecule has 0 radical (unpaired) electrons. The van der Waals surface area contributed by atoms with Gasteiger partial charge in [-0.2, -0.15) is 4.99 Å². The van der Waals surface area contributed by atoms with Crippen molar-refractivity contribution in [3.8, 4) is 0 Å². The predicted octanol–water partition coefficient (Wildman–Crippen LogP) is 6.21. The number of hydrogen-bond donors (Lipinski definition) is 3. The number of carboxylic acid groups (broad SMARTS) is 1. The molecule has 5 aliphatic rings. The van der Waals surface area contributed by atoms with Gasteiger partial charge < -0.3 is 19.3 Å². The first-order chi connectivity index (χ1) is 22.5. The number of rotatable bonds is 18. The molecule has 0 aromatic heterocycles. The molecule has 46 heavy (non-hydrogen) atoms. The van der Waals surface area contributed by atoms with Crippen LogP contribution in [0.4, 0.5) is 0 Å². The first kappa shape index (κ1) is 35.3. The van der Waals surface area contributed by atoms with Crippen molar-refractivity contribution in [1.82, 2.24) is 5.32 Å². The van der Waals surface area contributed by atoms with Gasteiger partial charge in [-0.3, -0.25) is 19.8 Å². The van der Waals surface area contributed by atoms with Crippen molar-refractivity contribution in [3.63, 3.8) is 0 Å². The molecule has 0 amide bonds. The number of esters is 1. The van der Waals surface area contributed by atoms with Crippen molar-refractivity contribution in [3.05, 3.63) is 12.2 Å². The molecule has 3 fully saturated rings. The minimum Gasteiger partial charge on any atom is -0.481 e. The maximum Gasteiger partial charge on any atom is 0.320 e. The number of carbonyl (C=O) groups is 2. The lowest BCUT2D eigenvalue weighted by Gasteiger charge is -2.51. The molecule has 0 saturated carbocycles. The highest BCUT2D eigenvalue weighted by Crippen LogP contribution is 2.42. The fourth-order valence-corrected chi connectivity index (χ4v) is 8.81. The average Bonchev–Trinajstić information content (AvgIpc) is 3.35. The number of guanidine groups is 1. The number of quaternary nitrogens is 1. The van der Waals surface area contributed by atoms with Crippen molar-refractivity contribution < 1.29 is 33.8 Å². The molecule has 5 aliphatic heterocycles. The number of ether oxygens (including phenoxy) is 3. The van der Waals surface area contributed by atoms with E-state index in [9.17, 15) is 9.59 Å². The zero-order valence-electron chi connectivity index (χ0n) is 28.6. The maximum atomic E-state index is 13.9. The summed E-state index contributed by atoms with van der Waals surface area (Å²) in [5, 5.41) is 12.5. The summed E-state index contributed by atoms with van der Waals surface area (Å²) in [5.74, 6) is -0.181. The molecule has 9 nitrogen and oxygen atoms in total. The topological polar surface area (TPSA) is 111 Å². The van der Waals surface area contributed by atoms with Crippen LogP contribution in [0.3, 0.4) is 0 Å². The molecule has 9 heteroatoms. The Kier molecular flexibility index (Phi) is 13.4. The average molecular weight is 645 g/mol. The fraction of sp³-hybridized carbons (Fsp3) is 0.865. The fourth-order valence-electron chi connectivity index (χ4n) is 8.81. The minimum atomic E-state index is -0.827. The van der Waals surface area contributed by atoms with E-state index in [4.69, 9.17) is 24.3 Å². The third kappa shape index (κ3) is 9.13. The lowest BCUT2D eigenvalue weighted by atomic mass is 9.81. The number of carbonyl (C=O) groups excluding carboxylic acids is 1. The number of carboxylic acids is 1. The summed E-state index contributed by atoms with van der Waals surface area (Å²) in [7, 11) is 0. The molecule has 5 heterocycles. The molecular weight excluding hydrogens is 582 g/mol. The summed E-state index contributed by atoms with van der Waals surface area (Å²) in [5.41, 5.74) is -1.23. The summed E-state index contributed by atoms with van der Waals surface area (Å²) in [6, 6.07) is 0.531. The van der Waals surface area contributed by atoms with E-state index in [-0.39, 0.29) is 24.0 Å². The second-order valence-electron chi connectivity index (χ2n) is 14.7. The Morgan fingerprint density at radius 3 is 2.33 bits per heavy atom. The van der Waals surface area contributed by atoms with E-state index in [1.165, 1.54) is 56.3 Å². The van der Waals surface area contributed by atoms with Gasteiger partial charge in [0.2, 0.25) is 0 Å². The highest BCUT2D eigenvalue weighted by molar-refractivity contribution is 5.80. The second-order valence-corrected chi connectivity index (χ2v) is 14.7. The van der Waals surface area contributed by atoms with E-state index in [0.717, 1.165) is 95.9 Å². The SMILES string of the molecule is CC[C@H]1C=CCC[C@@]2(C[C@@H]3CC[C@@H]4[C@H](C(=O)OCCCCCCCCCCCCCCCC(=O)O)[C@]5(CCCCO5)N=C(N2)[NH+]34)O1. The van der Waals surface area contributed by atoms with Crippen LogP contribution in [-0.4, -0.2) is 65.9 Å². The van der Waals surface area contributed by atoms with Crippen molar-refractivity contribution in [2.75, 3.05) is 13.2 Å². The smallest absolute Gasteiger partial charge is 0.320 e. The summed E-state index contributed by atoms with van der Waals surface area (Å²) >= 11 is 0. The number of nitrogens with one attached hydrogen (secondary N) is 2. The molecule has 2 spiro atoms. The van der Waals surface area contributed by atoms with Gasteiger partial charge in [0.1, 0.15) is 6.04 Å². The van der Waals surface area contributed by atoms with Crippen LogP contribution in [0.5, 0.6) is 0 Å². The van der Waals surface area contributed by atoms with Gasteiger partial charge in [0.05, 0.1) is 18.8 Å². The van der Waals surface area contributed by atoms with E-state index in [2.05, 4.69) is 24.4 Å². The van der Waals surface area contributed by atoms with E-state index in [1.54, 1.807) is 0 Å². The van der Waals surface area contributed by atoms with Crippen LogP contribution in [-0.2, 0) is 23.8 Å². The summed E-state index contributed by atoms with van der Waals surface area (Å²) < 4.78 is 19.3. The molecule has 3 N–H and O–H groups in total. The van der Waals surface area contributed by atoms with Gasteiger partial charge in [-0.25, -0.2) is 0 Å². The molecule has 5 rings (SSSR count). The van der Waals surface area contributed by atoms with Gasteiger partial charge in [-0.1, -0.05) is 89.7 Å². The van der Waals surface area contributed by atoms with Crippen LogP contribution in [0.15, 0.2) is 17.1 Å². The van der Waals surface area contributed by atoms with Crippen molar-refractivity contribution in [2.24, 2.45) is 10.9 Å². The van der Waals surface area contributed by atoms with Crippen molar-refractivity contribution in [2.45, 2.75) is 184 Å². The third-order valence-corrected chi connectivity index (χ3v) is 11.2. The van der Waals surface area contributed by atoms with Gasteiger partial charge in [0, 0.05) is 32.3 Å². The highest BCUT2D eigenvalue weighted by atomic mass is 16.5. The van der Waals surface area contributed by atoms with E-state index in [1.807, 2.05) is 0 Å². The maximum absolute atomic E-state index is 13.9. The third-order valence-electron chi connectivity index (χ3n) is 11.2. The van der Waals surface area contributed by atoms with E-state index < -0.39 is 17.4 Å². The number of aliphatic carboxylic acids is 1. The van der Waals surface area contributed by atoms with Gasteiger partial charge in [0.25, 0.3) is 0 Å². The Hall–Kier alpha value is -1.97. The number of hydrogen-bond acceptors (Lipinski definition) is 7. The molecule has 3 saturated heterocycles. The summed E-state index contributed by atoms with van der Waals surface area (Å²) in [6.07, 6.45) is 28.7.